The van der Waals surface area contributed by atoms with Gasteiger partial charge in [0, 0.05) is 46.9 Å². The van der Waals surface area contributed by atoms with Crippen molar-refractivity contribution in [3.05, 3.63) is 89.2 Å². The third-order valence-corrected chi connectivity index (χ3v) is 9.49. The summed E-state index contributed by atoms with van der Waals surface area (Å²) >= 11 is 6.43. The molecule has 4 aromatic rings. The van der Waals surface area contributed by atoms with Crippen LogP contribution < -0.4 is 9.04 Å². The Morgan fingerprint density at radius 3 is 2.56 bits per heavy atom. The van der Waals surface area contributed by atoms with Crippen molar-refractivity contribution in [1.29, 1.82) is 0 Å². The molecule has 0 spiro atoms. The maximum atomic E-state index is 15.0. The van der Waals surface area contributed by atoms with Crippen LogP contribution >= 0.6 is 11.6 Å². The molecule has 0 radical (unpaired) electrons. The summed E-state index contributed by atoms with van der Waals surface area (Å²) in [5.74, 6) is -2.31. The average molecular weight is 595 g/mol. The number of pyridine rings is 2. The number of aliphatic hydroxyl groups is 1. The van der Waals surface area contributed by atoms with E-state index in [9.17, 15) is 28.2 Å². The molecule has 1 unspecified atom stereocenters. The number of nitrogens with zero attached hydrogens (tertiary/aromatic N) is 4. The number of sulfonamides is 1. The highest BCUT2D eigenvalue weighted by Crippen LogP contribution is 2.54. The summed E-state index contributed by atoms with van der Waals surface area (Å²) in [7, 11) is -3.30. The van der Waals surface area contributed by atoms with E-state index in [0.29, 0.717) is 9.69 Å². The first-order valence-electron chi connectivity index (χ1n) is 12.5. The van der Waals surface area contributed by atoms with Crippen molar-refractivity contribution in [3.63, 3.8) is 0 Å². The number of aliphatic carboxylic acids is 1. The lowest BCUT2D eigenvalue weighted by molar-refractivity contribution is -0.145. The Hall–Kier alpha value is -4.10. The number of ether oxygens (including phenoxy) is 1. The second kappa shape index (κ2) is 9.77. The van der Waals surface area contributed by atoms with Gasteiger partial charge in [0.2, 0.25) is 5.88 Å². The number of rotatable bonds is 6. The number of fused-ring (bicyclic) bond motifs is 2. The fourth-order valence-corrected chi connectivity index (χ4v) is 7.71. The number of carboxylic acid groups (broad SMARTS) is 1. The van der Waals surface area contributed by atoms with Crippen LogP contribution in [0.3, 0.4) is 0 Å². The lowest BCUT2D eigenvalue weighted by Gasteiger charge is -2.40. The Balaban J connectivity index is 1.70. The number of anilines is 1. The van der Waals surface area contributed by atoms with Crippen LogP contribution in [-0.4, -0.2) is 71.2 Å². The Labute approximate surface area is 239 Å². The molecule has 11 nitrogen and oxygen atoms in total. The van der Waals surface area contributed by atoms with E-state index < -0.39 is 39.6 Å². The van der Waals surface area contributed by atoms with Gasteiger partial charge >= 0.3 is 5.97 Å². The number of carbonyl (C=O) groups is 2. The molecule has 2 aliphatic heterocycles. The first-order valence-corrected chi connectivity index (χ1v) is 14.3. The third-order valence-electron chi connectivity index (χ3n) is 7.52. The van der Waals surface area contributed by atoms with Gasteiger partial charge in [0.25, 0.3) is 15.9 Å². The number of carboxylic acids is 1. The van der Waals surface area contributed by atoms with Gasteiger partial charge in [0.15, 0.2) is 5.54 Å². The van der Waals surface area contributed by atoms with Gasteiger partial charge in [-0.05, 0) is 42.5 Å². The fourth-order valence-electron chi connectivity index (χ4n) is 5.91. The van der Waals surface area contributed by atoms with Crippen LogP contribution in [0.15, 0.2) is 78.0 Å². The SMILES string of the molecule is COc1ncccc1C1(N2C[C@H](O)C[C@H]2C(=O)O)C(=O)N(S(=O)(=O)c2cccc3cccnc23)c2ccc(Cl)cc21. The average Bonchev–Trinajstić information content (AvgIpc) is 3.48. The van der Waals surface area contributed by atoms with Crippen molar-refractivity contribution >= 4 is 50.1 Å². The summed E-state index contributed by atoms with van der Waals surface area (Å²) in [5, 5.41) is 21.6. The predicted octanol–water partition coefficient (Wildman–Crippen LogP) is 2.79. The minimum Gasteiger partial charge on any atom is -0.481 e. The number of amides is 1. The first kappa shape index (κ1) is 27.1. The highest BCUT2D eigenvalue weighted by Gasteiger charge is 2.64. The van der Waals surface area contributed by atoms with Gasteiger partial charge < -0.3 is 14.9 Å². The van der Waals surface area contributed by atoms with Crippen LogP contribution in [0.25, 0.3) is 10.9 Å². The van der Waals surface area contributed by atoms with E-state index in [1.807, 2.05) is 0 Å². The molecule has 1 amide bonds. The van der Waals surface area contributed by atoms with Crippen LogP contribution in [0.5, 0.6) is 5.88 Å². The number of methoxy groups -OCH3 is 1. The molecule has 2 aromatic carbocycles. The lowest BCUT2D eigenvalue weighted by atomic mass is 9.81. The van der Waals surface area contributed by atoms with Crippen LogP contribution in [0.2, 0.25) is 5.02 Å². The van der Waals surface area contributed by atoms with E-state index in [1.165, 1.54) is 60.8 Å². The summed E-state index contributed by atoms with van der Waals surface area (Å²) in [6.07, 6.45) is 1.58. The van der Waals surface area contributed by atoms with Gasteiger partial charge in [-0.2, -0.15) is 0 Å². The third kappa shape index (κ3) is 3.90. The van der Waals surface area contributed by atoms with Crippen molar-refractivity contribution < 1.29 is 33.0 Å². The quantitative estimate of drug-likeness (QED) is 0.341. The minimum absolute atomic E-state index is 0.0243. The maximum absolute atomic E-state index is 15.0. The van der Waals surface area contributed by atoms with Crippen LogP contribution in [0.4, 0.5) is 5.69 Å². The molecular formula is C28H23ClN4O7S. The highest BCUT2D eigenvalue weighted by molar-refractivity contribution is 7.93. The zero-order valence-electron chi connectivity index (χ0n) is 21.5. The molecule has 0 aliphatic carbocycles. The zero-order chi connectivity index (χ0) is 29.1. The van der Waals surface area contributed by atoms with Gasteiger partial charge in [0.05, 0.1) is 24.4 Å². The Bertz CT molecular complexity index is 1830. The van der Waals surface area contributed by atoms with Crippen molar-refractivity contribution in [2.75, 3.05) is 18.0 Å². The van der Waals surface area contributed by atoms with E-state index in [2.05, 4.69) is 9.97 Å². The summed E-state index contributed by atoms with van der Waals surface area (Å²) < 4.78 is 35.1. The Morgan fingerprint density at radius 2 is 1.80 bits per heavy atom. The van der Waals surface area contributed by atoms with Crippen molar-refractivity contribution in [3.8, 4) is 5.88 Å². The molecule has 2 N–H and O–H groups in total. The molecule has 4 heterocycles. The standard InChI is InChI=1S/C28H23ClN4O7S/c1-40-25-19(7-4-12-31-25)28(32-15-18(34)14-22(32)26(35)36)20-13-17(29)9-10-21(20)33(27(28)37)41(38,39)23-8-2-5-16-6-3-11-30-24(16)23/h2-13,18,22,34H,14-15H2,1H3,(H,35,36)/t18-,22+,28?/m1/s1. The summed E-state index contributed by atoms with van der Waals surface area (Å²) in [6.45, 7) is -0.254. The Morgan fingerprint density at radius 1 is 1.07 bits per heavy atom. The highest BCUT2D eigenvalue weighted by atomic mass is 35.5. The van der Waals surface area contributed by atoms with Gasteiger partial charge in [-0.1, -0.05) is 29.8 Å². The molecule has 3 atom stereocenters. The molecule has 1 saturated heterocycles. The number of aromatic nitrogens is 2. The number of β-amino-alcohol motifs (C(OH)–C–C–N with tert-alkyl or cyclic N) is 1. The van der Waals surface area contributed by atoms with Gasteiger partial charge in [0.1, 0.15) is 10.9 Å². The van der Waals surface area contributed by atoms with Crippen LogP contribution in [0.1, 0.15) is 17.5 Å². The molecule has 2 aromatic heterocycles. The second-order valence-electron chi connectivity index (χ2n) is 9.73. The Kier molecular flexibility index (Phi) is 6.46. The number of halogens is 1. The molecule has 6 rings (SSSR count). The number of hydrogen-bond acceptors (Lipinski definition) is 9. The van der Waals surface area contributed by atoms with Gasteiger partial charge in [-0.3, -0.25) is 19.5 Å². The number of hydrogen-bond donors (Lipinski definition) is 2. The number of carbonyl (C=O) groups excluding carboxylic acids is 1. The number of para-hydroxylation sites is 1. The summed E-state index contributed by atoms with van der Waals surface area (Å²) in [4.78, 5) is 37.1. The zero-order valence-corrected chi connectivity index (χ0v) is 23.1. The molecule has 1 fully saturated rings. The van der Waals surface area contributed by atoms with Crippen molar-refractivity contribution in [2.45, 2.75) is 29.0 Å². The van der Waals surface area contributed by atoms with E-state index >= 15 is 0 Å². The van der Waals surface area contributed by atoms with E-state index in [1.54, 1.807) is 24.3 Å². The molecule has 13 heteroatoms. The molecule has 2 aliphatic rings. The fraction of sp³-hybridized carbons (Fsp3) is 0.214. The molecule has 0 bridgehead atoms. The van der Waals surface area contributed by atoms with E-state index in [4.69, 9.17) is 16.3 Å². The monoisotopic (exact) mass is 594 g/mol. The van der Waals surface area contributed by atoms with Crippen LogP contribution in [-0.2, 0) is 25.2 Å². The largest absolute Gasteiger partial charge is 0.481 e. The van der Waals surface area contributed by atoms with E-state index in [0.717, 1.165) is 0 Å². The maximum Gasteiger partial charge on any atom is 0.321 e. The topological polar surface area (TPSA) is 150 Å². The number of aliphatic hydroxyl groups excluding tert-OH is 1. The molecular weight excluding hydrogens is 572 g/mol. The van der Waals surface area contributed by atoms with Gasteiger partial charge in [-0.15, -0.1) is 0 Å². The smallest absolute Gasteiger partial charge is 0.321 e. The molecule has 41 heavy (non-hydrogen) atoms. The molecule has 0 saturated carbocycles. The minimum atomic E-state index is -4.64. The number of benzene rings is 2. The normalized spacial score (nSPS) is 22.7. The first-order chi connectivity index (χ1) is 19.6. The van der Waals surface area contributed by atoms with Crippen molar-refractivity contribution in [1.82, 2.24) is 14.9 Å². The summed E-state index contributed by atoms with van der Waals surface area (Å²) in [5.41, 5.74) is -1.74. The predicted molar refractivity (Wildman–Crippen MR) is 148 cm³/mol. The number of likely N-dealkylation sites (tertiary alicyclic amines) is 1. The van der Waals surface area contributed by atoms with E-state index in [-0.39, 0.29) is 51.1 Å². The summed E-state index contributed by atoms with van der Waals surface area (Å²) in [6, 6.07) is 14.0. The van der Waals surface area contributed by atoms with Gasteiger partial charge in [-0.25, -0.2) is 17.7 Å². The lowest BCUT2D eigenvalue weighted by Crippen LogP contribution is -2.58. The van der Waals surface area contributed by atoms with Crippen molar-refractivity contribution in [2.24, 2.45) is 0 Å². The second-order valence-corrected chi connectivity index (χ2v) is 11.9. The van der Waals surface area contributed by atoms with Crippen LogP contribution in [0, 0.1) is 0 Å². The molecule has 210 valence electrons.